The zero-order valence-electron chi connectivity index (χ0n) is 15.4. The number of halogens is 1. The SMILES string of the molecule is Cc1ccc(OCC(=O)Nc2cccc(NC(=O)C(C)(C)C)c2)c(Br)c1. The maximum atomic E-state index is 12.1. The van der Waals surface area contributed by atoms with Gasteiger partial charge in [-0.3, -0.25) is 9.59 Å². The van der Waals surface area contributed by atoms with Crippen LogP contribution in [0.4, 0.5) is 11.4 Å². The molecule has 26 heavy (non-hydrogen) atoms. The summed E-state index contributed by atoms with van der Waals surface area (Å²) < 4.78 is 6.34. The molecule has 0 atom stereocenters. The van der Waals surface area contributed by atoms with Gasteiger partial charge in [-0.1, -0.05) is 32.9 Å². The largest absolute Gasteiger partial charge is 0.483 e. The third-order valence-corrected chi connectivity index (χ3v) is 4.15. The minimum Gasteiger partial charge on any atom is -0.483 e. The van der Waals surface area contributed by atoms with Crippen LogP contribution < -0.4 is 15.4 Å². The summed E-state index contributed by atoms with van der Waals surface area (Å²) in [6, 6.07) is 12.7. The van der Waals surface area contributed by atoms with Crippen LogP contribution in [0.5, 0.6) is 5.75 Å². The smallest absolute Gasteiger partial charge is 0.262 e. The van der Waals surface area contributed by atoms with Crippen molar-refractivity contribution in [1.82, 2.24) is 0 Å². The normalized spacial score (nSPS) is 11.0. The third kappa shape index (κ3) is 5.88. The zero-order valence-corrected chi connectivity index (χ0v) is 16.9. The Balaban J connectivity index is 1.94. The minimum absolute atomic E-state index is 0.0893. The molecule has 0 unspecified atom stereocenters. The van der Waals surface area contributed by atoms with Crippen molar-refractivity contribution < 1.29 is 14.3 Å². The summed E-state index contributed by atoms with van der Waals surface area (Å²) in [5.74, 6) is 0.238. The standard InChI is InChI=1S/C20H23BrN2O3/c1-13-8-9-17(16(21)10-13)26-12-18(24)22-14-6-5-7-15(11-14)23-19(25)20(2,3)4/h5-11H,12H2,1-4H3,(H,22,24)(H,23,25). The molecule has 0 bridgehead atoms. The van der Waals surface area contributed by atoms with Crippen molar-refractivity contribution >= 4 is 39.1 Å². The molecule has 5 nitrogen and oxygen atoms in total. The van der Waals surface area contributed by atoms with E-state index in [2.05, 4.69) is 26.6 Å². The minimum atomic E-state index is -0.492. The van der Waals surface area contributed by atoms with E-state index in [4.69, 9.17) is 4.74 Å². The van der Waals surface area contributed by atoms with E-state index < -0.39 is 5.41 Å². The molecule has 0 radical (unpaired) electrons. The van der Waals surface area contributed by atoms with Gasteiger partial charge in [0, 0.05) is 16.8 Å². The first kappa shape index (κ1) is 20.0. The molecule has 0 aromatic heterocycles. The Morgan fingerprint density at radius 1 is 1.04 bits per heavy atom. The number of ether oxygens (including phenoxy) is 1. The van der Waals surface area contributed by atoms with Gasteiger partial charge in [0.05, 0.1) is 4.47 Å². The van der Waals surface area contributed by atoms with E-state index in [-0.39, 0.29) is 18.4 Å². The molecule has 0 heterocycles. The summed E-state index contributed by atoms with van der Waals surface area (Å²) >= 11 is 3.42. The molecule has 0 aliphatic rings. The first-order chi connectivity index (χ1) is 12.1. The van der Waals surface area contributed by atoms with Gasteiger partial charge in [-0.25, -0.2) is 0 Å². The molecule has 138 valence electrons. The molecule has 0 aliphatic heterocycles. The molecule has 0 spiro atoms. The van der Waals surface area contributed by atoms with Crippen LogP contribution in [-0.4, -0.2) is 18.4 Å². The van der Waals surface area contributed by atoms with Crippen LogP contribution >= 0.6 is 15.9 Å². The number of hydrogen-bond acceptors (Lipinski definition) is 3. The average Bonchev–Trinajstić information content (AvgIpc) is 2.53. The molecule has 2 amide bonds. The number of carbonyl (C=O) groups is 2. The highest BCUT2D eigenvalue weighted by atomic mass is 79.9. The fourth-order valence-electron chi connectivity index (χ4n) is 2.06. The second-order valence-electron chi connectivity index (χ2n) is 7.06. The maximum absolute atomic E-state index is 12.1. The van der Waals surface area contributed by atoms with Gasteiger partial charge in [0.25, 0.3) is 5.91 Å². The van der Waals surface area contributed by atoms with Gasteiger partial charge in [-0.15, -0.1) is 0 Å². The van der Waals surface area contributed by atoms with Crippen LogP contribution in [0, 0.1) is 12.3 Å². The lowest BCUT2D eigenvalue weighted by molar-refractivity contribution is -0.123. The van der Waals surface area contributed by atoms with Crippen LogP contribution in [-0.2, 0) is 9.59 Å². The topological polar surface area (TPSA) is 67.4 Å². The number of amides is 2. The lowest BCUT2D eigenvalue weighted by Gasteiger charge is -2.18. The maximum Gasteiger partial charge on any atom is 0.262 e. The molecule has 2 aromatic carbocycles. The Labute approximate surface area is 162 Å². The molecule has 6 heteroatoms. The average molecular weight is 419 g/mol. The molecule has 0 aliphatic carbocycles. The van der Waals surface area contributed by atoms with Gasteiger partial charge in [-0.2, -0.15) is 0 Å². The molecule has 0 fully saturated rings. The number of rotatable bonds is 5. The van der Waals surface area contributed by atoms with Crippen LogP contribution in [0.3, 0.4) is 0 Å². The number of hydrogen-bond donors (Lipinski definition) is 2. The van der Waals surface area contributed by atoms with Gasteiger partial charge in [0.1, 0.15) is 5.75 Å². The molecule has 2 N–H and O–H groups in total. The quantitative estimate of drug-likeness (QED) is 0.735. The molecule has 2 rings (SSSR count). The van der Waals surface area contributed by atoms with E-state index in [1.165, 1.54) is 0 Å². The zero-order chi connectivity index (χ0) is 19.3. The summed E-state index contributed by atoms with van der Waals surface area (Å²) in [4.78, 5) is 24.2. The summed E-state index contributed by atoms with van der Waals surface area (Å²) in [5, 5.41) is 5.60. The molecule has 0 saturated heterocycles. The Bertz CT molecular complexity index is 813. The Kier molecular flexibility index (Phi) is 6.42. The second-order valence-corrected chi connectivity index (χ2v) is 7.91. The predicted molar refractivity (Wildman–Crippen MR) is 108 cm³/mol. The van der Waals surface area contributed by atoms with Crippen molar-refractivity contribution in [1.29, 1.82) is 0 Å². The Hall–Kier alpha value is -2.34. The predicted octanol–water partition coefficient (Wildman–Crippen LogP) is 4.76. The number of benzene rings is 2. The number of nitrogens with one attached hydrogen (secondary N) is 2. The van der Waals surface area contributed by atoms with Crippen LogP contribution in [0.2, 0.25) is 0 Å². The van der Waals surface area contributed by atoms with Crippen molar-refractivity contribution in [3.63, 3.8) is 0 Å². The van der Waals surface area contributed by atoms with Crippen LogP contribution in [0.25, 0.3) is 0 Å². The number of carbonyl (C=O) groups excluding carboxylic acids is 2. The van der Waals surface area contributed by atoms with Gasteiger partial charge >= 0.3 is 0 Å². The highest BCUT2D eigenvalue weighted by molar-refractivity contribution is 9.10. The Morgan fingerprint density at radius 2 is 1.69 bits per heavy atom. The van der Waals surface area contributed by atoms with E-state index in [0.717, 1.165) is 10.0 Å². The fraction of sp³-hybridized carbons (Fsp3) is 0.300. The summed E-state index contributed by atoms with van der Waals surface area (Å²) in [5.41, 5.74) is 1.83. The summed E-state index contributed by atoms with van der Waals surface area (Å²) in [6.45, 7) is 7.39. The monoisotopic (exact) mass is 418 g/mol. The summed E-state index contributed by atoms with van der Waals surface area (Å²) in [7, 11) is 0. The molecular weight excluding hydrogens is 396 g/mol. The number of anilines is 2. The van der Waals surface area contributed by atoms with Gasteiger partial charge in [0.15, 0.2) is 6.61 Å². The molecular formula is C20H23BrN2O3. The first-order valence-corrected chi connectivity index (χ1v) is 9.05. The van der Waals surface area contributed by atoms with Crippen molar-refractivity contribution in [2.75, 3.05) is 17.2 Å². The lowest BCUT2D eigenvalue weighted by Crippen LogP contribution is -2.27. The number of aryl methyl sites for hydroxylation is 1. The van der Waals surface area contributed by atoms with Crippen molar-refractivity contribution in [2.45, 2.75) is 27.7 Å². The van der Waals surface area contributed by atoms with Crippen LogP contribution in [0.1, 0.15) is 26.3 Å². The molecule has 0 saturated carbocycles. The Morgan fingerprint density at radius 3 is 2.31 bits per heavy atom. The van der Waals surface area contributed by atoms with Gasteiger partial charge in [0.2, 0.25) is 5.91 Å². The van der Waals surface area contributed by atoms with E-state index >= 15 is 0 Å². The highest BCUT2D eigenvalue weighted by Crippen LogP contribution is 2.25. The van der Waals surface area contributed by atoms with E-state index in [1.807, 2.05) is 45.9 Å². The van der Waals surface area contributed by atoms with E-state index in [9.17, 15) is 9.59 Å². The van der Waals surface area contributed by atoms with Crippen molar-refractivity contribution in [2.24, 2.45) is 5.41 Å². The molecule has 2 aromatic rings. The van der Waals surface area contributed by atoms with Crippen molar-refractivity contribution in [3.05, 3.63) is 52.5 Å². The highest BCUT2D eigenvalue weighted by Gasteiger charge is 2.21. The van der Waals surface area contributed by atoms with Gasteiger partial charge in [-0.05, 0) is 58.7 Å². The van der Waals surface area contributed by atoms with E-state index in [0.29, 0.717) is 17.1 Å². The second kappa shape index (κ2) is 8.36. The fourth-order valence-corrected chi connectivity index (χ4v) is 2.66. The van der Waals surface area contributed by atoms with E-state index in [1.54, 1.807) is 24.3 Å². The van der Waals surface area contributed by atoms with Crippen molar-refractivity contribution in [3.8, 4) is 5.75 Å². The van der Waals surface area contributed by atoms with Crippen LogP contribution in [0.15, 0.2) is 46.9 Å². The third-order valence-electron chi connectivity index (χ3n) is 3.53. The summed E-state index contributed by atoms with van der Waals surface area (Å²) in [6.07, 6.45) is 0. The first-order valence-electron chi connectivity index (χ1n) is 8.25. The van der Waals surface area contributed by atoms with Gasteiger partial charge < -0.3 is 15.4 Å². The lowest BCUT2D eigenvalue weighted by atomic mass is 9.95.